The third-order valence-electron chi connectivity index (χ3n) is 5.25. The van der Waals surface area contributed by atoms with Gasteiger partial charge in [-0.05, 0) is 50.3 Å². The van der Waals surface area contributed by atoms with Crippen molar-refractivity contribution in [3.63, 3.8) is 0 Å². The van der Waals surface area contributed by atoms with Crippen LogP contribution < -0.4 is 5.73 Å². The summed E-state index contributed by atoms with van der Waals surface area (Å²) in [6.07, 6.45) is 3.56. The van der Waals surface area contributed by atoms with Crippen LogP contribution in [-0.2, 0) is 5.54 Å². The molecule has 0 heterocycles. The summed E-state index contributed by atoms with van der Waals surface area (Å²) in [6, 6.07) is 9.45. The highest BCUT2D eigenvalue weighted by atomic mass is 15.2. The predicted molar refractivity (Wildman–Crippen MR) is 82.3 cm³/mol. The lowest BCUT2D eigenvalue weighted by Crippen LogP contribution is -2.54. The van der Waals surface area contributed by atoms with Gasteiger partial charge in [-0.3, -0.25) is 4.90 Å². The number of hydrogen-bond donors (Lipinski definition) is 1. The molecule has 2 N–H and O–H groups in total. The van der Waals surface area contributed by atoms with Gasteiger partial charge in [0.15, 0.2) is 0 Å². The van der Waals surface area contributed by atoms with E-state index in [1.165, 1.54) is 24.0 Å². The smallest absolute Gasteiger partial charge is 0.0586 e. The summed E-state index contributed by atoms with van der Waals surface area (Å²) in [6.45, 7) is 7.60. The van der Waals surface area contributed by atoms with E-state index in [1.807, 2.05) is 0 Å². The monoisotopic (exact) mass is 260 g/mol. The zero-order valence-corrected chi connectivity index (χ0v) is 12.8. The van der Waals surface area contributed by atoms with E-state index in [9.17, 15) is 0 Å². The van der Waals surface area contributed by atoms with Crippen molar-refractivity contribution in [3.8, 4) is 0 Å². The van der Waals surface area contributed by atoms with Crippen LogP contribution in [0.2, 0.25) is 0 Å². The second-order valence-electron chi connectivity index (χ2n) is 6.13. The Bertz CT molecular complexity index is 429. The standard InChI is InChI=1S/C17H28N2/c1-5-14(3)19(4)17(12-18)11-10-13(2)15-8-6-7-9-16(15)17/h6-9,13-14H,5,10-12,18H2,1-4H3. The lowest BCUT2D eigenvalue weighted by Gasteiger charge is -2.49. The van der Waals surface area contributed by atoms with Gasteiger partial charge in [-0.25, -0.2) is 0 Å². The summed E-state index contributed by atoms with van der Waals surface area (Å²) in [5, 5.41) is 0. The Morgan fingerprint density at radius 2 is 2.11 bits per heavy atom. The SMILES string of the molecule is CCC(C)N(C)C1(CN)CCC(C)c2ccccc21. The molecule has 19 heavy (non-hydrogen) atoms. The van der Waals surface area contributed by atoms with Crippen LogP contribution in [0.25, 0.3) is 0 Å². The van der Waals surface area contributed by atoms with Crippen molar-refractivity contribution in [1.82, 2.24) is 4.90 Å². The average molecular weight is 260 g/mol. The third-order valence-corrected chi connectivity index (χ3v) is 5.25. The fourth-order valence-corrected chi connectivity index (χ4v) is 3.51. The molecule has 3 atom stereocenters. The van der Waals surface area contributed by atoms with Crippen LogP contribution in [0.3, 0.4) is 0 Å². The van der Waals surface area contributed by atoms with Crippen LogP contribution in [0.4, 0.5) is 0 Å². The van der Waals surface area contributed by atoms with Crippen LogP contribution in [0.5, 0.6) is 0 Å². The van der Waals surface area contributed by atoms with Crippen molar-refractivity contribution in [2.75, 3.05) is 13.6 Å². The first-order valence-corrected chi connectivity index (χ1v) is 7.59. The van der Waals surface area contributed by atoms with Crippen LogP contribution in [-0.4, -0.2) is 24.5 Å². The Labute approximate surface area is 118 Å². The van der Waals surface area contributed by atoms with Gasteiger partial charge in [0, 0.05) is 12.6 Å². The molecule has 0 fully saturated rings. The Morgan fingerprint density at radius 3 is 2.74 bits per heavy atom. The maximum absolute atomic E-state index is 6.25. The van der Waals surface area contributed by atoms with Gasteiger partial charge in [-0.15, -0.1) is 0 Å². The van der Waals surface area contributed by atoms with Crippen molar-refractivity contribution in [2.45, 2.75) is 57.5 Å². The number of nitrogens with zero attached hydrogens (tertiary/aromatic N) is 1. The van der Waals surface area contributed by atoms with Gasteiger partial charge in [0.2, 0.25) is 0 Å². The molecule has 0 spiro atoms. The molecule has 0 radical (unpaired) electrons. The minimum absolute atomic E-state index is 0.0263. The summed E-state index contributed by atoms with van der Waals surface area (Å²) in [4.78, 5) is 2.51. The van der Waals surface area contributed by atoms with Crippen molar-refractivity contribution in [1.29, 1.82) is 0 Å². The second-order valence-corrected chi connectivity index (χ2v) is 6.13. The minimum atomic E-state index is 0.0263. The molecular formula is C17H28N2. The maximum atomic E-state index is 6.25. The lowest BCUT2D eigenvalue weighted by atomic mass is 9.71. The molecule has 2 nitrogen and oxygen atoms in total. The number of fused-ring (bicyclic) bond motifs is 1. The Kier molecular flexibility index (Phi) is 4.32. The summed E-state index contributed by atoms with van der Waals surface area (Å²) < 4.78 is 0. The maximum Gasteiger partial charge on any atom is 0.0586 e. The van der Waals surface area contributed by atoms with Crippen LogP contribution in [0, 0.1) is 0 Å². The first-order valence-electron chi connectivity index (χ1n) is 7.59. The first-order chi connectivity index (χ1) is 9.06. The summed E-state index contributed by atoms with van der Waals surface area (Å²) in [7, 11) is 2.24. The van der Waals surface area contributed by atoms with Gasteiger partial charge in [0.25, 0.3) is 0 Å². The summed E-state index contributed by atoms with van der Waals surface area (Å²) in [5.74, 6) is 0.654. The molecule has 3 unspecified atom stereocenters. The second kappa shape index (κ2) is 5.64. The van der Waals surface area contributed by atoms with Gasteiger partial charge >= 0.3 is 0 Å². The largest absolute Gasteiger partial charge is 0.328 e. The number of rotatable bonds is 4. The number of hydrogen-bond acceptors (Lipinski definition) is 2. The molecule has 1 aromatic carbocycles. The fourth-order valence-electron chi connectivity index (χ4n) is 3.51. The molecule has 106 valence electrons. The fraction of sp³-hybridized carbons (Fsp3) is 0.647. The highest BCUT2D eigenvalue weighted by Gasteiger charge is 2.41. The highest BCUT2D eigenvalue weighted by molar-refractivity contribution is 5.39. The molecule has 2 rings (SSSR count). The summed E-state index contributed by atoms with van der Waals surface area (Å²) >= 11 is 0. The molecule has 1 aliphatic carbocycles. The topological polar surface area (TPSA) is 29.3 Å². The van der Waals surface area contributed by atoms with Crippen LogP contribution >= 0.6 is 0 Å². The third kappa shape index (κ3) is 2.32. The molecule has 0 saturated heterocycles. The quantitative estimate of drug-likeness (QED) is 0.898. The van der Waals surface area contributed by atoms with Crippen LogP contribution in [0.15, 0.2) is 24.3 Å². The van der Waals surface area contributed by atoms with E-state index >= 15 is 0 Å². The van der Waals surface area contributed by atoms with Gasteiger partial charge in [-0.2, -0.15) is 0 Å². The number of nitrogens with two attached hydrogens (primary N) is 1. The molecule has 1 aromatic rings. The molecule has 0 aromatic heterocycles. The molecule has 0 amide bonds. The molecule has 0 aliphatic heterocycles. The van der Waals surface area contributed by atoms with E-state index in [0.29, 0.717) is 18.5 Å². The Hall–Kier alpha value is -0.860. The van der Waals surface area contributed by atoms with Crippen molar-refractivity contribution >= 4 is 0 Å². The summed E-state index contributed by atoms with van der Waals surface area (Å²) in [5.41, 5.74) is 9.23. The Morgan fingerprint density at radius 1 is 1.42 bits per heavy atom. The molecule has 0 bridgehead atoms. The van der Waals surface area contributed by atoms with E-state index in [0.717, 1.165) is 6.42 Å². The average Bonchev–Trinajstić information content (AvgIpc) is 2.47. The van der Waals surface area contributed by atoms with E-state index in [-0.39, 0.29) is 5.54 Å². The Balaban J connectivity index is 2.50. The molecule has 0 saturated carbocycles. The lowest BCUT2D eigenvalue weighted by molar-refractivity contribution is 0.0607. The van der Waals surface area contributed by atoms with Gasteiger partial charge in [0.05, 0.1) is 5.54 Å². The number of benzene rings is 1. The number of likely N-dealkylation sites (N-methyl/N-ethyl adjacent to an activating group) is 1. The van der Waals surface area contributed by atoms with E-state index < -0.39 is 0 Å². The molecule has 1 aliphatic rings. The zero-order valence-electron chi connectivity index (χ0n) is 12.8. The van der Waals surface area contributed by atoms with E-state index in [4.69, 9.17) is 5.73 Å². The predicted octanol–water partition coefficient (Wildman–Crippen LogP) is 3.47. The normalized spacial score (nSPS) is 28.2. The minimum Gasteiger partial charge on any atom is -0.328 e. The highest BCUT2D eigenvalue weighted by Crippen LogP contribution is 2.44. The van der Waals surface area contributed by atoms with Crippen molar-refractivity contribution < 1.29 is 0 Å². The van der Waals surface area contributed by atoms with Crippen molar-refractivity contribution in [2.24, 2.45) is 5.73 Å². The van der Waals surface area contributed by atoms with E-state index in [1.54, 1.807) is 0 Å². The zero-order chi connectivity index (χ0) is 14.0. The molecule has 2 heteroatoms. The van der Waals surface area contributed by atoms with E-state index in [2.05, 4.69) is 57.0 Å². The first kappa shape index (κ1) is 14.5. The van der Waals surface area contributed by atoms with Gasteiger partial charge in [-0.1, -0.05) is 38.1 Å². The van der Waals surface area contributed by atoms with Crippen molar-refractivity contribution in [3.05, 3.63) is 35.4 Å². The van der Waals surface area contributed by atoms with Crippen LogP contribution in [0.1, 0.15) is 57.1 Å². The molecular weight excluding hydrogens is 232 g/mol. The van der Waals surface area contributed by atoms with Gasteiger partial charge < -0.3 is 5.73 Å². The van der Waals surface area contributed by atoms with Gasteiger partial charge in [0.1, 0.15) is 0 Å².